The maximum absolute atomic E-state index is 4.70. The van der Waals surface area contributed by atoms with Gasteiger partial charge >= 0.3 is 0 Å². The van der Waals surface area contributed by atoms with E-state index in [9.17, 15) is 0 Å². The van der Waals surface area contributed by atoms with Crippen LogP contribution in [0.5, 0.6) is 0 Å². The van der Waals surface area contributed by atoms with E-state index < -0.39 is 0 Å². The Balaban J connectivity index is 1.78. The summed E-state index contributed by atoms with van der Waals surface area (Å²) < 4.78 is 1.79. The van der Waals surface area contributed by atoms with Crippen molar-refractivity contribution in [3.05, 3.63) is 10.4 Å². The first-order valence-electron chi connectivity index (χ1n) is 9.16. The standard InChI is InChI=1S/C17H25N7S/c1-4-8-23-9-6-12-13(10-23)25-16-14(12)15(18-7-5-11(2)3)19-17-20-21-22-24(16)17/h11H,4-10H2,1-3H3,(H,18,19,20,22). The van der Waals surface area contributed by atoms with Gasteiger partial charge in [-0.25, -0.2) is 0 Å². The highest BCUT2D eigenvalue weighted by molar-refractivity contribution is 7.19. The minimum Gasteiger partial charge on any atom is -0.369 e. The van der Waals surface area contributed by atoms with Crippen LogP contribution in [0, 0.1) is 5.92 Å². The fourth-order valence-corrected chi connectivity index (χ4v) is 4.82. The highest BCUT2D eigenvalue weighted by atomic mass is 32.1. The average molecular weight is 360 g/mol. The summed E-state index contributed by atoms with van der Waals surface area (Å²) in [6.07, 6.45) is 3.39. The Hall–Kier alpha value is -1.80. The van der Waals surface area contributed by atoms with Crippen LogP contribution >= 0.6 is 11.3 Å². The summed E-state index contributed by atoms with van der Waals surface area (Å²) in [5.41, 5.74) is 1.43. The number of anilines is 1. The molecule has 1 aliphatic rings. The molecule has 4 rings (SSSR count). The summed E-state index contributed by atoms with van der Waals surface area (Å²) in [6.45, 7) is 10.9. The van der Waals surface area contributed by atoms with Gasteiger partial charge in [0.1, 0.15) is 10.6 Å². The molecule has 8 heteroatoms. The van der Waals surface area contributed by atoms with Crippen LogP contribution in [0.2, 0.25) is 0 Å². The van der Waals surface area contributed by atoms with Crippen LogP contribution < -0.4 is 5.32 Å². The van der Waals surface area contributed by atoms with Crippen molar-refractivity contribution in [3.63, 3.8) is 0 Å². The third kappa shape index (κ3) is 3.08. The average Bonchev–Trinajstić information content (AvgIpc) is 3.18. The SMILES string of the molecule is CCCN1CCc2c(sc3c2c(NCCC(C)C)nc2nnnn23)C1. The van der Waals surface area contributed by atoms with E-state index in [-0.39, 0.29) is 0 Å². The second kappa shape index (κ2) is 6.84. The molecule has 25 heavy (non-hydrogen) atoms. The van der Waals surface area contributed by atoms with Crippen molar-refractivity contribution in [2.45, 2.75) is 46.6 Å². The fourth-order valence-electron chi connectivity index (χ4n) is 3.49. The maximum Gasteiger partial charge on any atom is 0.276 e. The Kier molecular flexibility index (Phi) is 4.56. The van der Waals surface area contributed by atoms with Gasteiger partial charge in [-0.3, -0.25) is 4.90 Å². The van der Waals surface area contributed by atoms with Crippen molar-refractivity contribution < 1.29 is 0 Å². The summed E-state index contributed by atoms with van der Waals surface area (Å²) >= 11 is 1.82. The van der Waals surface area contributed by atoms with Gasteiger partial charge in [0.2, 0.25) is 0 Å². The summed E-state index contributed by atoms with van der Waals surface area (Å²) in [4.78, 5) is 9.79. The monoisotopic (exact) mass is 359 g/mol. The van der Waals surface area contributed by atoms with Gasteiger partial charge in [0.15, 0.2) is 0 Å². The molecule has 1 N–H and O–H groups in total. The molecule has 0 amide bonds. The lowest BCUT2D eigenvalue weighted by Gasteiger charge is -2.26. The predicted molar refractivity (Wildman–Crippen MR) is 101 cm³/mol. The molecule has 0 aliphatic carbocycles. The first-order chi connectivity index (χ1) is 12.2. The zero-order valence-corrected chi connectivity index (χ0v) is 15.9. The second-order valence-electron chi connectivity index (χ2n) is 7.17. The van der Waals surface area contributed by atoms with E-state index in [1.165, 1.54) is 22.2 Å². The molecular formula is C17H25N7S. The number of aromatic nitrogens is 5. The number of hydrogen-bond donors (Lipinski definition) is 1. The summed E-state index contributed by atoms with van der Waals surface area (Å²) in [5, 5.41) is 16.8. The van der Waals surface area contributed by atoms with Gasteiger partial charge in [-0.2, -0.15) is 9.50 Å². The molecule has 0 saturated heterocycles. The molecule has 0 radical (unpaired) electrons. The van der Waals surface area contributed by atoms with E-state index in [0.717, 1.165) is 49.7 Å². The van der Waals surface area contributed by atoms with E-state index in [1.807, 2.05) is 11.3 Å². The van der Waals surface area contributed by atoms with Crippen molar-refractivity contribution in [1.29, 1.82) is 0 Å². The van der Waals surface area contributed by atoms with Gasteiger partial charge in [0, 0.05) is 24.5 Å². The molecule has 7 nitrogen and oxygen atoms in total. The Morgan fingerprint density at radius 1 is 1.32 bits per heavy atom. The number of nitrogens with zero attached hydrogens (tertiary/aromatic N) is 6. The summed E-state index contributed by atoms with van der Waals surface area (Å²) in [7, 11) is 0. The molecule has 0 fully saturated rings. The fraction of sp³-hybridized carbons (Fsp3) is 0.647. The minimum atomic E-state index is 0.573. The zero-order chi connectivity index (χ0) is 17.4. The highest BCUT2D eigenvalue weighted by Gasteiger charge is 2.25. The Morgan fingerprint density at radius 2 is 2.20 bits per heavy atom. The smallest absolute Gasteiger partial charge is 0.276 e. The van der Waals surface area contributed by atoms with Gasteiger partial charge in [-0.15, -0.1) is 11.3 Å². The Morgan fingerprint density at radius 3 is 3.00 bits per heavy atom. The lowest BCUT2D eigenvalue weighted by Crippen LogP contribution is -2.30. The van der Waals surface area contributed by atoms with Crippen molar-refractivity contribution >= 4 is 33.1 Å². The number of hydrogen-bond acceptors (Lipinski definition) is 7. The van der Waals surface area contributed by atoms with Gasteiger partial charge in [0.25, 0.3) is 5.78 Å². The molecule has 4 heterocycles. The maximum atomic E-state index is 4.70. The van der Waals surface area contributed by atoms with Crippen LogP contribution in [-0.2, 0) is 13.0 Å². The van der Waals surface area contributed by atoms with Crippen LogP contribution in [0.1, 0.15) is 44.1 Å². The van der Waals surface area contributed by atoms with Gasteiger partial charge in [-0.1, -0.05) is 25.9 Å². The van der Waals surface area contributed by atoms with E-state index in [1.54, 1.807) is 4.52 Å². The molecule has 134 valence electrons. The number of tetrazole rings is 1. The number of thiophene rings is 1. The van der Waals surface area contributed by atoms with Crippen LogP contribution in [0.3, 0.4) is 0 Å². The highest BCUT2D eigenvalue weighted by Crippen LogP contribution is 2.38. The molecular weight excluding hydrogens is 334 g/mol. The molecule has 0 aromatic carbocycles. The third-order valence-corrected chi connectivity index (χ3v) is 5.96. The van der Waals surface area contributed by atoms with Crippen molar-refractivity contribution in [3.8, 4) is 0 Å². The van der Waals surface area contributed by atoms with Crippen LogP contribution in [0.15, 0.2) is 0 Å². The number of fused-ring (bicyclic) bond motifs is 5. The van der Waals surface area contributed by atoms with Crippen LogP contribution in [-0.4, -0.2) is 49.6 Å². The summed E-state index contributed by atoms with van der Waals surface area (Å²) in [5.74, 6) is 2.18. The summed E-state index contributed by atoms with van der Waals surface area (Å²) in [6, 6.07) is 0. The molecule has 0 saturated carbocycles. The van der Waals surface area contributed by atoms with E-state index in [2.05, 4.69) is 46.5 Å². The lowest BCUT2D eigenvalue weighted by atomic mass is 10.0. The van der Waals surface area contributed by atoms with Gasteiger partial charge in [0.05, 0.1) is 5.39 Å². The van der Waals surface area contributed by atoms with Gasteiger partial charge in [-0.05, 0) is 47.7 Å². The molecule has 0 bridgehead atoms. The first kappa shape index (κ1) is 16.7. The molecule has 0 spiro atoms. The molecule has 0 unspecified atom stereocenters. The Bertz CT molecular complexity index is 882. The molecule has 3 aromatic heterocycles. The normalized spacial score (nSPS) is 15.4. The molecule has 1 aliphatic heterocycles. The van der Waals surface area contributed by atoms with E-state index >= 15 is 0 Å². The van der Waals surface area contributed by atoms with E-state index in [0.29, 0.717) is 11.7 Å². The second-order valence-corrected chi connectivity index (χ2v) is 8.25. The van der Waals surface area contributed by atoms with Crippen LogP contribution in [0.25, 0.3) is 16.0 Å². The Labute approximate surface area is 151 Å². The van der Waals surface area contributed by atoms with Crippen LogP contribution in [0.4, 0.5) is 5.82 Å². The van der Waals surface area contributed by atoms with Crippen molar-refractivity contribution in [2.75, 3.05) is 25.0 Å². The van der Waals surface area contributed by atoms with E-state index in [4.69, 9.17) is 4.98 Å². The van der Waals surface area contributed by atoms with Gasteiger partial charge < -0.3 is 5.32 Å². The largest absolute Gasteiger partial charge is 0.369 e. The van der Waals surface area contributed by atoms with Crippen molar-refractivity contribution in [2.24, 2.45) is 5.92 Å². The van der Waals surface area contributed by atoms with Crippen molar-refractivity contribution in [1.82, 2.24) is 29.9 Å². The minimum absolute atomic E-state index is 0.573. The molecule has 3 aromatic rings. The quantitative estimate of drug-likeness (QED) is 0.730. The molecule has 0 atom stereocenters. The number of nitrogens with one attached hydrogen (secondary N) is 1. The first-order valence-corrected chi connectivity index (χ1v) is 9.97. The zero-order valence-electron chi connectivity index (χ0n) is 15.1. The topological polar surface area (TPSA) is 71.2 Å². The lowest BCUT2D eigenvalue weighted by molar-refractivity contribution is 0.258. The third-order valence-electron chi connectivity index (χ3n) is 4.77. The predicted octanol–water partition coefficient (Wildman–Crippen LogP) is 2.96. The number of rotatable bonds is 6.